The van der Waals surface area contributed by atoms with Gasteiger partial charge in [-0.05, 0) is 30.4 Å². The molecule has 2 aromatic heterocycles. The maximum atomic E-state index is 12.1. The van der Waals surface area contributed by atoms with Crippen LogP contribution >= 0.6 is 11.6 Å². The minimum absolute atomic E-state index is 0.103. The van der Waals surface area contributed by atoms with Crippen molar-refractivity contribution in [2.24, 2.45) is 23.5 Å². The number of imidazole rings is 1. The van der Waals surface area contributed by atoms with E-state index in [-0.39, 0.29) is 29.7 Å². The van der Waals surface area contributed by atoms with Crippen molar-refractivity contribution < 1.29 is 9.53 Å². The SMILES string of the molecule is COc1cccc(-c2nc3ncc(Cl)c(NC4C5C=CC(C5)C4C(N)=O)c3[nH]2)c1. The van der Waals surface area contributed by atoms with E-state index >= 15 is 0 Å². The molecule has 0 saturated heterocycles. The number of methoxy groups -OCH3 is 1. The van der Waals surface area contributed by atoms with Crippen LogP contribution in [0.4, 0.5) is 5.69 Å². The van der Waals surface area contributed by atoms with Crippen molar-refractivity contribution >= 4 is 34.4 Å². The Kier molecular flexibility index (Phi) is 4.20. The van der Waals surface area contributed by atoms with E-state index in [1.54, 1.807) is 13.3 Å². The summed E-state index contributed by atoms with van der Waals surface area (Å²) in [4.78, 5) is 24.4. The summed E-state index contributed by atoms with van der Waals surface area (Å²) in [5.41, 5.74) is 8.51. The van der Waals surface area contributed by atoms with Gasteiger partial charge in [-0.15, -0.1) is 0 Å². The second-order valence-corrected chi connectivity index (χ2v) is 7.95. The van der Waals surface area contributed by atoms with Crippen LogP contribution in [0, 0.1) is 17.8 Å². The number of nitrogens with one attached hydrogen (secondary N) is 2. The number of fused-ring (bicyclic) bond motifs is 3. The van der Waals surface area contributed by atoms with Gasteiger partial charge in [-0.1, -0.05) is 35.9 Å². The van der Waals surface area contributed by atoms with Crippen molar-refractivity contribution in [3.05, 3.63) is 47.6 Å². The fourth-order valence-corrected chi connectivity index (χ4v) is 4.75. The molecule has 2 bridgehead atoms. The normalized spacial score (nSPS) is 24.9. The lowest BCUT2D eigenvalue weighted by atomic mass is 9.88. The van der Waals surface area contributed by atoms with Gasteiger partial charge in [0.05, 0.1) is 29.9 Å². The summed E-state index contributed by atoms with van der Waals surface area (Å²) < 4.78 is 5.30. The third-order valence-corrected chi connectivity index (χ3v) is 6.20. The summed E-state index contributed by atoms with van der Waals surface area (Å²) >= 11 is 6.49. The smallest absolute Gasteiger partial charge is 0.223 e. The standard InChI is InChI=1S/C21H20ClN5O2/c1-29-13-4-2-3-12(8-13)20-26-18-17(14(22)9-24-21(18)27-20)25-16-11-6-5-10(7-11)15(16)19(23)28/h2-6,8-11,15-16H,7H2,1H3,(H2,23,28)(H2,24,25,26,27). The number of pyridine rings is 1. The van der Waals surface area contributed by atoms with Crippen LogP contribution in [0.15, 0.2) is 42.6 Å². The molecule has 1 aromatic carbocycles. The van der Waals surface area contributed by atoms with Crippen molar-refractivity contribution in [1.29, 1.82) is 0 Å². The number of ether oxygens (including phenoxy) is 1. The highest BCUT2D eigenvalue weighted by atomic mass is 35.5. The average molecular weight is 410 g/mol. The summed E-state index contributed by atoms with van der Waals surface area (Å²) in [6, 6.07) is 7.52. The largest absolute Gasteiger partial charge is 0.497 e. The quantitative estimate of drug-likeness (QED) is 0.560. The fraction of sp³-hybridized carbons (Fsp3) is 0.286. The van der Waals surface area contributed by atoms with Gasteiger partial charge in [0.1, 0.15) is 17.1 Å². The van der Waals surface area contributed by atoms with Crippen molar-refractivity contribution in [3.8, 4) is 17.1 Å². The van der Waals surface area contributed by atoms with Crippen LogP contribution < -0.4 is 15.8 Å². The molecule has 0 aliphatic heterocycles. The Balaban J connectivity index is 1.55. The average Bonchev–Trinajstić information content (AvgIpc) is 3.44. The van der Waals surface area contributed by atoms with Crippen molar-refractivity contribution in [1.82, 2.24) is 15.0 Å². The molecule has 7 nitrogen and oxygen atoms in total. The fourth-order valence-electron chi connectivity index (χ4n) is 4.56. The van der Waals surface area contributed by atoms with E-state index in [1.807, 2.05) is 24.3 Å². The molecule has 0 radical (unpaired) electrons. The molecular formula is C21H20ClN5O2. The van der Waals surface area contributed by atoms with Gasteiger partial charge in [0.2, 0.25) is 5.91 Å². The lowest BCUT2D eigenvalue weighted by Gasteiger charge is -2.28. The first-order valence-electron chi connectivity index (χ1n) is 9.48. The Morgan fingerprint density at radius 1 is 1.34 bits per heavy atom. The second kappa shape index (κ2) is 6.77. The van der Waals surface area contributed by atoms with Gasteiger partial charge in [-0.25, -0.2) is 9.97 Å². The van der Waals surface area contributed by atoms with Crippen LogP contribution in [0.3, 0.4) is 0 Å². The highest BCUT2D eigenvalue weighted by Gasteiger charge is 2.47. The zero-order valence-electron chi connectivity index (χ0n) is 15.7. The molecule has 2 aliphatic carbocycles. The van der Waals surface area contributed by atoms with Gasteiger partial charge in [-0.3, -0.25) is 4.79 Å². The molecule has 4 unspecified atom stereocenters. The monoisotopic (exact) mass is 409 g/mol. The van der Waals surface area contributed by atoms with Gasteiger partial charge in [0.25, 0.3) is 0 Å². The van der Waals surface area contributed by atoms with Crippen LogP contribution in [-0.4, -0.2) is 34.0 Å². The van der Waals surface area contributed by atoms with Gasteiger partial charge in [0, 0.05) is 11.6 Å². The van der Waals surface area contributed by atoms with E-state index < -0.39 is 0 Å². The van der Waals surface area contributed by atoms with Gasteiger partial charge < -0.3 is 20.8 Å². The van der Waals surface area contributed by atoms with Crippen molar-refractivity contribution in [3.63, 3.8) is 0 Å². The maximum Gasteiger partial charge on any atom is 0.223 e. The summed E-state index contributed by atoms with van der Waals surface area (Å²) in [6.07, 6.45) is 6.75. The molecule has 1 amide bonds. The molecule has 8 heteroatoms. The number of rotatable bonds is 5. The van der Waals surface area contributed by atoms with E-state index in [9.17, 15) is 4.79 Å². The predicted molar refractivity (Wildman–Crippen MR) is 112 cm³/mol. The molecule has 5 rings (SSSR count). The highest BCUT2D eigenvalue weighted by molar-refractivity contribution is 6.34. The predicted octanol–water partition coefficient (Wildman–Crippen LogP) is 3.37. The molecule has 2 heterocycles. The Hall–Kier alpha value is -3.06. The van der Waals surface area contributed by atoms with Crippen LogP contribution in [0.2, 0.25) is 5.02 Å². The number of aromatic amines is 1. The summed E-state index contributed by atoms with van der Waals surface area (Å²) in [6.45, 7) is 0. The summed E-state index contributed by atoms with van der Waals surface area (Å²) in [5.74, 6) is 1.28. The highest BCUT2D eigenvalue weighted by Crippen LogP contribution is 2.46. The zero-order valence-corrected chi connectivity index (χ0v) is 16.5. The molecular weight excluding hydrogens is 390 g/mol. The van der Waals surface area contributed by atoms with Crippen molar-refractivity contribution in [2.45, 2.75) is 12.5 Å². The number of allylic oxidation sites excluding steroid dienone is 1. The minimum Gasteiger partial charge on any atom is -0.497 e. The first-order valence-corrected chi connectivity index (χ1v) is 9.86. The summed E-state index contributed by atoms with van der Waals surface area (Å²) in [7, 11) is 1.63. The summed E-state index contributed by atoms with van der Waals surface area (Å²) in [5, 5.41) is 3.95. The number of hydrogen-bond acceptors (Lipinski definition) is 5. The number of halogens is 1. The minimum atomic E-state index is -0.289. The number of primary amides is 1. The van der Waals surface area contributed by atoms with Crippen LogP contribution in [0.25, 0.3) is 22.6 Å². The third-order valence-electron chi connectivity index (χ3n) is 5.92. The van der Waals surface area contributed by atoms with E-state index in [2.05, 4.69) is 32.4 Å². The molecule has 3 aromatic rings. The first kappa shape index (κ1) is 18.0. The Morgan fingerprint density at radius 2 is 2.17 bits per heavy atom. The molecule has 29 heavy (non-hydrogen) atoms. The third kappa shape index (κ3) is 2.93. The Bertz CT molecular complexity index is 1140. The lowest BCUT2D eigenvalue weighted by molar-refractivity contribution is -0.122. The number of aromatic nitrogens is 3. The molecule has 1 fully saturated rings. The molecule has 148 valence electrons. The molecule has 4 N–H and O–H groups in total. The number of H-pyrrole nitrogens is 1. The lowest BCUT2D eigenvalue weighted by Crippen LogP contribution is -2.41. The Morgan fingerprint density at radius 3 is 2.97 bits per heavy atom. The number of nitrogens with zero attached hydrogens (tertiary/aromatic N) is 2. The van der Waals surface area contributed by atoms with E-state index in [1.165, 1.54) is 0 Å². The van der Waals surface area contributed by atoms with Gasteiger partial charge in [-0.2, -0.15) is 0 Å². The van der Waals surface area contributed by atoms with Crippen LogP contribution in [0.1, 0.15) is 6.42 Å². The van der Waals surface area contributed by atoms with Gasteiger partial charge >= 0.3 is 0 Å². The second-order valence-electron chi connectivity index (χ2n) is 7.54. The number of amides is 1. The number of nitrogens with two attached hydrogens (primary N) is 1. The Labute approximate surface area is 172 Å². The van der Waals surface area contributed by atoms with Crippen LogP contribution in [0.5, 0.6) is 5.75 Å². The molecule has 4 atom stereocenters. The molecule has 0 spiro atoms. The van der Waals surface area contributed by atoms with Crippen LogP contribution in [-0.2, 0) is 4.79 Å². The number of carbonyl (C=O) groups excluding carboxylic acids is 1. The van der Waals surface area contributed by atoms with E-state index in [0.717, 1.165) is 17.7 Å². The first-order chi connectivity index (χ1) is 14.0. The number of hydrogen-bond donors (Lipinski definition) is 3. The molecule has 1 saturated carbocycles. The number of anilines is 1. The van der Waals surface area contributed by atoms with Gasteiger partial charge in [0.15, 0.2) is 5.65 Å². The molecule has 2 aliphatic rings. The van der Waals surface area contributed by atoms with E-state index in [4.69, 9.17) is 22.1 Å². The maximum absolute atomic E-state index is 12.1. The van der Waals surface area contributed by atoms with E-state index in [0.29, 0.717) is 27.7 Å². The number of carbonyl (C=O) groups is 1. The van der Waals surface area contributed by atoms with Crippen molar-refractivity contribution in [2.75, 3.05) is 12.4 Å². The zero-order chi connectivity index (χ0) is 20.1. The number of benzene rings is 1. The topological polar surface area (TPSA) is 106 Å².